The third-order valence-corrected chi connectivity index (χ3v) is 3.59. The smallest absolute Gasteiger partial charge is 0.145 e. The fourth-order valence-corrected chi connectivity index (χ4v) is 2.81. The summed E-state index contributed by atoms with van der Waals surface area (Å²) in [5.41, 5.74) is 2.63. The van der Waals surface area contributed by atoms with E-state index in [9.17, 15) is 0 Å². The Morgan fingerprint density at radius 2 is 2.05 bits per heavy atom. The molecule has 1 saturated carbocycles. The monoisotopic (exact) mass is 263 g/mol. The normalized spacial score (nSPS) is 16.1. The molecule has 0 amide bonds. The summed E-state index contributed by atoms with van der Waals surface area (Å²) in [6.07, 6.45) is 5.18. The van der Waals surface area contributed by atoms with E-state index in [1.54, 1.807) is 0 Å². The third kappa shape index (κ3) is 3.56. The van der Waals surface area contributed by atoms with Crippen molar-refractivity contribution in [3.63, 3.8) is 0 Å². The minimum Gasteiger partial charge on any atom is -0.353 e. The van der Waals surface area contributed by atoms with Gasteiger partial charge in [-0.3, -0.25) is 0 Å². The molecule has 2 rings (SSSR count). The van der Waals surface area contributed by atoms with Crippen molar-refractivity contribution in [2.45, 2.75) is 52.5 Å². The number of hydrazine groups is 1. The second kappa shape index (κ2) is 6.19. The molecular weight excluding hydrogens is 238 g/mol. The van der Waals surface area contributed by atoms with Crippen LogP contribution in [0.15, 0.2) is 6.07 Å². The molecule has 5 heteroatoms. The minimum atomic E-state index is 0.613. The van der Waals surface area contributed by atoms with Gasteiger partial charge in [0.15, 0.2) is 0 Å². The van der Waals surface area contributed by atoms with Crippen molar-refractivity contribution in [2.24, 2.45) is 11.8 Å². The van der Waals surface area contributed by atoms with Crippen LogP contribution >= 0.6 is 0 Å². The molecule has 1 aromatic heterocycles. The Kier molecular flexibility index (Phi) is 4.58. The number of hydrogen-bond donors (Lipinski definition) is 2. The second-order valence-electron chi connectivity index (χ2n) is 5.79. The number of nitrogens with zero attached hydrogens (tertiary/aromatic N) is 3. The molecule has 1 fully saturated rings. The summed E-state index contributed by atoms with van der Waals surface area (Å²) in [6, 6.07) is 2.57. The number of aromatic nitrogens is 2. The molecule has 1 heterocycles. The van der Waals surface area contributed by atoms with Crippen LogP contribution in [-0.4, -0.2) is 22.6 Å². The Morgan fingerprint density at radius 3 is 2.63 bits per heavy atom. The van der Waals surface area contributed by atoms with Gasteiger partial charge in [-0.05, 0) is 25.7 Å². The predicted octanol–water partition coefficient (Wildman–Crippen LogP) is 2.48. The lowest BCUT2D eigenvalue weighted by molar-refractivity contribution is 0.530. The van der Waals surface area contributed by atoms with E-state index in [1.807, 2.05) is 13.0 Å². The molecule has 0 aliphatic heterocycles. The van der Waals surface area contributed by atoms with E-state index in [2.05, 4.69) is 34.1 Å². The molecular formula is C14H25N5. The zero-order chi connectivity index (χ0) is 13.8. The number of anilines is 2. The summed E-state index contributed by atoms with van der Waals surface area (Å²) in [4.78, 5) is 11.3. The summed E-state index contributed by atoms with van der Waals surface area (Å²) in [7, 11) is 0. The van der Waals surface area contributed by atoms with Gasteiger partial charge in [-0.25, -0.2) is 15.8 Å². The zero-order valence-corrected chi connectivity index (χ0v) is 12.2. The van der Waals surface area contributed by atoms with Crippen LogP contribution in [0.3, 0.4) is 0 Å². The van der Waals surface area contributed by atoms with Gasteiger partial charge in [0.1, 0.15) is 17.5 Å². The Hall–Kier alpha value is -1.36. The van der Waals surface area contributed by atoms with Gasteiger partial charge in [0.25, 0.3) is 0 Å². The average Bonchev–Trinajstić information content (AvgIpc) is 2.88. The van der Waals surface area contributed by atoms with E-state index in [1.165, 1.54) is 25.7 Å². The predicted molar refractivity (Wildman–Crippen MR) is 79.0 cm³/mol. The van der Waals surface area contributed by atoms with E-state index in [4.69, 9.17) is 5.84 Å². The van der Waals surface area contributed by atoms with E-state index < -0.39 is 0 Å². The highest BCUT2D eigenvalue weighted by molar-refractivity contribution is 5.49. The van der Waals surface area contributed by atoms with Gasteiger partial charge in [-0.15, -0.1) is 0 Å². The van der Waals surface area contributed by atoms with Gasteiger partial charge >= 0.3 is 0 Å². The molecule has 0 bridgehead atoms. The molecule has 0 saturated heterocycles. The first-order chi connectivity index (χ1) is 9.10. The van der Waals surface area contributed by atoms with Crippen LogP contribution < -0.4 is 16.2 Å². The summed E-state index contributed by atoms with van der Waals surface area (Å²) in [6.45, 7) is 7.44. The number of nitrogens with two attached hydrogens (primary N) is 1. The van der Waals surface area contributed by atoms with Crippen molar-refractivity contribution in [3.05, 3.63) is 11.9 Å². The van der Waals surface area contributed by atoms with E-state index >= 15 is 0 Å². The second-order valence-corrected chi connectivity index (χ2v) is 5.79. The molecule has 0 atom stereocenters. The number of nitrogen functional groups attached to an aromatic ring is 1. The van der Waals surface area contributed by atoms with E-state index in [0.717, 1.165) is 18.2 Å². The molecule has 1 aliphatic rings. The fourth-order valence-electron chi connectivity index (χ4n) is 2.81. The van der Waals surface area contributed by atoms with Crippen LogP contribution in [0.4, 0.5) is 11.6 Å². The maximum absolute atomic E-state index is 5.48. The van der Waals surface area contributed by atoms with Crippen molar-refractivity contribution in [1.29, 1.82) is 0 Å². The summed E-state index contributed by atoms with van der Waals surface area (Å²) < 4.78 is 0. The number of nitrogens with one attached hydrogen (secondary N) is 1. The first kappa shape index (κ1) is 14.1. The maximum atomic E-state index is 5.48. The van der Waals surface area contributed by atoms with Crippen LogP contribution in [0.25, 0.3) is 0 Å². The van der Waals surface area contributed by atoms with Crippen molar-refractivity contribution >= 4 is 11.6 Å². The standard InChI is InChI=1S/C14H25N5/c1-10(2)9-19(12-6-4-5-7-12)14-8-13(18-15)16-11(3)17-14/h8,10,12H,4-7,9,15H2,1-3H3,(H,16,17,18). The van der Waals surface area contributed by atoms with Crippen LogP contribution in [0.1, 0.15) is 45.4 Å². The van der Waals surface area contributed by atoms with Crippen LogP contribution in [-0.2, 0) is 0 Å². The topological polar surface area (TPSA) is 67.1 Å². The molecule has 19 heavy (non-hydrogen) atoms. The lowest BCUT2D eigenvalue weighted by Gasteiger charge is -2.32. The SMILES string of the molecule is Cc1nc(NN)cc(N(CC(C)C)C2CCCC2)n1. The van der Waals surface area contributed by atoms with Crippen LogP contribution in [0.5, 0.6) is 0 Å². The summed E-state index contributed by atoms with van der Waals surface area (Å²) in [5.74, 6) is 8.55. The van der Waals surface area contributed by atoms with Crippen molar-refractivity contribution in [3.8, 4) is 0 Å². The van der Waals surface area contributed by atoms with Crippen LogP contribution in [0, 0.1) is 12.8 Å². The van der Waals surface area contributed by atoms with E-state index in [-0.39, 0.29) is 0 Å². The number of rotatable bonds is 5. The molecule has 0 spiro atoms. The Bertz CT molecular complexity index is 412. The molecule has 0 aromatic carbocycles. The molecule has 0 radical (unpaired) electrons. The average molecular weight is 263 g/mol. The Morgan fingerprint density at radius 1 is 1.37 bits per heavy atom. The minimum absolute atomic E-state index is 0.613. The highest BCUT2D eigenvalue weighted by atomic mass is 15.3. The number of hydrogen-bond acceptors (Lipinski definition) is 5. The summed E-state index contributed by atoms with van der Waals surface area (Å²) >= 11 is 0. The van der Waals surface area contributed by atoms with Gasteiger partial charge in [-0.1, -0.05) is 26.7 Å². The van der Waals surface area contributed by atoms with Crippen LogP contribution in [0.2, 0.25) is 0 Å². The molecule has 3 N–H and O–H groups in total. The molecule has 1 aromatic rings. The Balaban J connectivity index is 2.28. The highest BCUT2D eigenvalue weighted by Gasteiger charge is 2.24. The van der Waals surface area contributed by atoms with Gasteiger partial charge in [0.05, 0.1) is 0 Å². The largest absolute Gasteiger partial charge is 0.353 e. The first-order valence-corrected chi connectivity index (χ1v) is 7.19. The van der Waals surface area contributed by atoms with Crippen molar-refractivity contribution < 1.29 is 0 Å². The molecule has 1 aliphatic carbocycles. The Labute approximate surface area is 115 Å². The third-order valence-electron chi connectivity index (χ3n) is 3.59. The van der Waals surface area contributed by atoms with Gasteiger partial charge < -0.3 is 10.3 Å². The number of aryl methyl sites for hydroxylation is 1. The lowest BCUT2D eigenvalue weighted by atomic mass is 10.1. The van der Waals surface area contributed by atoms with Gasteiger partial charge in [-0.2, -0.15) is 0 Å². The zero-order valence-electron chi connectivity index (χ0n) is 12.2. The van der Waals surface area contributed by atoms with Gasteiger partial charge in [0.2, 0.25) is 0 Å². The summed E-state index contributed by atoms with van der Waals surface area (Å²) in [5, 5.41) is 0. The molecule has 5 nitrogen and oxygen atoms in total. The van der Waals surface area contributed by atoms with Crippen molar-refractivity contribution in [1.82, 2.24) is 9.97 Å². The van der Waals surface area contributed by atoms with Gasteiger partial charge in [0, 0.05) is 18.7 Å². The fraction of sp³-hybridized carbons (Fsp3) is 0.714. The maximum Gasteiger partial charge on any atom is 0.145 e. The van der Waals surface area contributed by atoms with E-state index in [0.29, 0.717) is 17.8 Å². The molecule has 0 unspecified atom stereocenters. The quantitative estimate of drug-likeness (QED) is 0.631. The first-order valence-electron chi connectivity index (χ1n) is 7.19. The highest BCUT2D eigenvalue weighted by Crippen LogP contribution is 2.28. The van der Waals surface area contributed by atoms with Crippen molar-refractivity contribution in [2.75, 3.05) is 16.9 Å². The lowest BCUT2D eigenvalue weighted by Crippen LogP contribution is -2.37. The molecule has 106 valence electrons.